The first-order valence-electron chi connectivity index (χ1n) is 8.63. The maximum atomic E-state index is 12.2. The SMILES string of the molecule is O=C(Cc1csc(-c2ccc(Cl)s2)n1)NCCc1cc(Cl)c2c(c1)OCCO2. The van der Waals surface area contributed by atoms with Crippen molar-refractivity contribution in [3.63, 3.8) is 0 Å². The summed E-state index contributed by atoms with van der Waals surface area (Å²) in [6.07, 6.45) is 0.898. The Morgan fingerprint density at radius 1 is 1.21 bits per heavy atom. The molecule has 0 spiro atoms. The second-order valence-corrected chi connectivity index (χ2v) is 9.11. The van der Waals surface area contributed by atoms with Gasteiger partial charge in [0.15, 0.2) is 11.5 Å². The zero-order chi connectivity index (χ0) is 19.5. The van der Waals surface area contributed by atoms with E-state index in [9.17, 15) is 4.79 Å². The van der Waals surface area contributed by atoms with Crippen LogP contribution in [0.15, 0.2) is 29.6 Å². The van der Waals surface area contributed by atoms with Gasteiger partial charge in [-0.2, -0.15) is 0 Å². The van der Waals surface area contributed by atoms with Crippen molar-refractivity contribution in [3.05, 3.63) is 50.3 Å². The second-order valence-electron chi connectivity index (χ2n) is 6.13. The van der Waals surface area contributed by atoms with Gasteiger partial charge in [-0.1, -0.05) is 23.2 Å². The molecule has 2 aromatic heterocycles. The molecule has 3 heterocycles. The summed E-state index contributed by atoms with van der Waals surface area (Å²) in [5, 5.41) is 6.24. The van der Waals surface area contributed by atoms with Crippen LogP contribution in [0.25, 0.3) is 9.88 Å². The first kappa shape index (κ1) is 19.5. The molecule has 1 amide bonds. The molecule has 0 unspecified atom stereocenters. The molecule has 146 valence electrons. The van der Waals surface area contributed by atoms with E-state index in [1.807, 2.05) is 29.6 Å². The molecule has 0 bridgehead atoms. The number of thiazole rings is 1. The fraction of sp³-hybridized carbons (Fsp3) is 0.263. The summed E-state index contributed by atoms with van der Waals surface area (Å²) < 4.78 is 11.8. The van der Waals surface area contributed by atoms with Crippen molar-refractivity contribution in [2.45, 2.75) is 12.8 Å². The highest BCUT2D eigenvalue weighted by atomic mass is 35.5. The fourth-order valence-corrected chi connectivity index (χ4v) is 5.04. The third-order valence-corrected chi connectivity index (χ3v) is 6.64. The lowest BCUT2D eigenvalue weighted by molar-refractivity contribution is -0.120. The summed E-state index contributed by atoms with van der Waals surface area (Å²) in [4.78, 5) is 17.7. The summed E-state index contributed by atoms with van der Waals surface area (Å²) in [5.74, 6) is 1.18. The Morgan fingerprint density at radius 3 is 2.89 bits per heavy atom. The van der Waals surface area contributed by atoms with E-state index in [0.29, 0.717) is 42.7 Å². The second kappa shape index (κ2) is 8.69. The van der Waals surface area contributed by atoms with Crippen LogP contribution in [0.2, 0.25) is 9.36 Å². The van der Waals surface area contributed by atoms with Crippen LogP contribution in [-0.2, 0) is 17.6 Å². The molecule has 0 fully saturated rings. The number of halogens is 2. The van der Waals surface area contributed by atoms with Crippen molar-refractivity contribution in [1.82, 2.24) is 10.3 Å². The third-order valence-electron chi connectivity index (χ3n) is 4.07. The molecule has 5 nitrogen and oxygen atoms in total. The van der Waals surface area contributed by atoms with E-state index in [4.69, 9.17) is 32.7 Å². The Kier molecular flexibility index (Phi) is 6.06. The maximum absolute atomic E-state index is 12.2. The highest BCUT2D eigenvalue weighted by Crippen LogP contribution is 2.38. The Labute approximate surface area is 180 Å². The number of hydrogen-bond acceptors (Lipinski definition) is 6. The van der Waals surface area contributed by atoms with Crippen molar-refractivity contribution >= 4 is 51.8 Å². The number of ether oxygens (including phenoxy) is 2. The van der Waals surface area contributed by atoms with Gasteiger partial charge in [0.05, 0.1) is 26.4 Å². The minimum Gasteiger partial charge on any atom is -0.486 e. The number of amides is 1. The number of hydrogen-bond donors (Lipinski definition) is 1. The highest BCUT2D eigenvalue weighted by molar-refractivity contribution is 7.23. The van der Waals surface area contributed by atoms with Gasteiger partial charge in [-0.05, 0) is 36.2 Å². The maximum Gasteiger partial charge on any atom is 0.226 e. The van der Waals surface area contributed by atoms with E-state index in [1.165, 1.54) is 22.7 Å². The van der Waals surface area contributed by atoms with Gasteiger partial charge in [0.25, 0.3) is 0 Å². The van der Waals surface area contributed by atoms with Crippen molar-refractivity contribution < 1.29 is 14.3 Å². The Bertz CT molecular complexity index is 1000. The van der Waals surface area contributed by atoms with Gasteiger partial charge in [-0.3, -0.25) is 4.79 Å². The van der Waals surface area contributed by atoms with E-state index < -0.39 is 0 Å². The van der Waals surface area contributed by atoms with Crippen LogP contribution in [0.1, 0.15) is 11.3 Å². The van der Waals surface area contributed by atoms with Gasteiger partial charge in [-0.15, -0.1) is 22.7 Å². The number of benzene rings is 1. The number of fused-ring (bicyclic) bond motifs is 1. The number of carbonyl (C=O) groups excluding carboxylic acids is 1. The number of thiophene rings is 1. The van der Waals surface area contributed by atoms with E-state index in [0.717, 1.165) is 25.5 Å². The van der Waals surface area contributed by atoms with E-state index in [-0.39, 0.29) is 12.3 Å². The van der Waals surface area contributed by atoms with Crippen molar-refractivity contribution in [2.75, 3.05) is 19.8 Å². The molecule has 1 N–H and O–H groups in total. The van der Waals surface area contributed by atoms with Gasteiger partial charge in [0.2, 0.25) is 5.91 Å². The average molecular weight is 455 g/mol. The van der Waals surface area contributed by atoms with Crippen molar-refractivity contribution in [2.24, 2.45) is 0 Å². The van der Waals surface area contributed by atoms with E-state index in [2.05, 4.69) is 10.3 Å². The van der Waals surface area contributed by atoms with Crippen LogP contribution in [0, 0.1) is 0 Å². The molecule has 3 aromatic rings. The number of rotatable bonds is 6. The normalized spacial score (nSPS) is 12.8. The summed E-state index contributed by atoms with van der Waals surface area (Å²) in [6, 6.07) is 7.54. The molecule has 1 aliphatic heterocycles. The average Bonchev–Trinajstić information content (AvgIpc) is 3.31. The fourth-order valence-electron chi connectivity index (χ4n) is 2.81. The minimum absolute atomic E-state index is 0.0651. The molecular formula is C19H16Cl2N2O3S2. The Hall–Kier alpha value is -1.80. The molecule has 9 heteroatoms. The molecule has 1 aromatic carbocycles. The predicted molar refractivity (Wildman–Crippen MR) is 113 cm³/mol. The smallest absolute Gasteiger partial charge is 0.226 e. The first-order valence-corrected chi connectivity index (χ1v) is 11.1. The quantitative estimate of drug-likeness (QED) is 0.577. The lowest BCUT2D eigenvalue weighted by Crippen LogP contribution is -2.27. The predicted octanol–water partition coefficient (Wildman–Crippen LogP) is 4.85. The van der Waals surface area contributed by atoms with Gasteiger partial charge in [0.1, 0.15) is 18.2 Å². The third kappa shape index (κ3) is 4.60. The molecule has 0 aliphatic carbocycles. The van der Waals surface area contributed by atoms with Crippen molar-refractivity contribution in [3.8, 4) is 21.4 Å². The van der Waals surface area contributed by atoms with E-state index >= 15 is 0 Å². The van der Waals surface area contributed by atoms with Crippen LogP contribution >= 0.6 is 45.9 Å². The molecule has 0 atom stereocenters. The van der Waals surface area contributed by atoms with Crippen LogP contribution in [-0.4, -0.2) is 30.6 Å². The Morgan fingerprint density at radius 2 is 2.07 bits per heavy atom. The topological polar surface area (TPSA) is 60.5 Å². The summed E-state index contributed by atoms with van der Waals surface area (Å²) in [7, 11) is 0. The van der Waals surface area contributed by atoms with E-state index in [1.54, 1.807) is 0 Å². The number of nitrogens with zero attached hydrogens (tertiary/aromatic N) is 1. The monoisotopic (exact) mass is 454 g/mol. The molecule has 0 saturated heterocycles. The highest BCUT2D eigenvalue weighted by Gasteiger charge is 2.17. The molecule has 4 rings (SSSR count). The van der Waals surface area contributed by atoms with Gasteiger partial charge in [0, 0.05) is 11.9 Å². The van der Waals surface area contributed by atoms with Gasteiger partial charge < -0.3 is 14.8 Å². The number of carbonyl (C=O) groups is 1. The first-order chi connectivity index (χ1) is 13.6. The zero-order valence-corrected chi connectivity index (χ0v) is 17.8. The summed E-state index contributed by atoms with van der Waals surface area (Å²) in [6.45, 7) is 1.52. The number of aromatic nitrogens is 1. The summed E-state index contributed by atoms with van der Waals surface area (Å²) in [5.41, 5.74) is 1.74. The van der Waals surface area contributed by atoms with Crippen LogP contribution in [0.3, 0.4) is 0 Å². The van der Waals surface area contributed by atoms with Crippen LogP contribution in [0.5, 0.6) is 11.5 Å². The standard InChI is InChI=1S/C19H16Cl2N2O3S2/c20-13-7-11(8-14-18(13)26-6-5-25-14)3-4-22-17(24)9-12-10-27-19(23-12)15-1-2-16(21)28-15/h1-2,7-8,10H,3-6,9H2,(H,22,24). The van der Waals surface area contributed by atoms with Gasteiger partial charge in [-0.25, -0.2) is 4.98 Å². The molecule has 1 aliphatic rings. The lowest BCUT2D eigenvalue weighted by atomic mass is 10.1. The molecule has 28 heavy (non-hydrogen) atoms. The zero-order valence-electron chi connectivity index (χ0n) is 14.7. The molecule has 0 saturated carbocycles. The largest absolute Gasteiger partial charge is 0.486 e. The van der Waals surface area contributed by atoms with Crippen LogP contribution < -0.4 is 14.8 Å². The lowest BCUT2D eigenvalue weighted by Gasteiger charge is -2.20. The summed E-state index contributed by atoms with van der Waals surface area (Å²) >= 11 is 15.2. The Balaban J connectivity index is 1.29. The van der Waals surface area contributed by atoms with Crippen LogP contribution in [0.4, 0.5) is 0 Å². The molecular weight excluding hydrogens is 439 g/mol. The molecule has 0 radical (unpaired) electrons. The van der Waals surface area contributed by atoms with Gasteiger partial charge >= 0.3 is 0 Å². The number of nitrogens with one attached hydrogen (secondary N) is 1. The van der Waals surface area contributed by atoms with Crippen molar-refractivity contribution in [1.29, 1.82) is 0 Å². The minimum atomic E-state index is -0.0651.